The van der Waals surface area contributed by atoms with Crippen molar-refractivity contribution < 1.29 is 23.9 Å². The Morgan fingerprint density at radius 2 is 1.62 bits per heavy atom. The van der Waals surface area contributed by atoms with Crippen LogP contribution in [0.15, 0.2) is 30.5 Å². The van der Waals surface area contributed by atoms with Crippen molar-refractivity contribution in [1.29, 1.82) is 0 Å². The Hall–Kier alpha value is -3.03. The van der Waals surface area contributed by atoms with Gasteiger partial charge in [0.1, 0.15) is 17.2 Å². The molecule has 2 amide bonds. The number of aromatic nitrogens is 1. The van der Waals surface area contributed by atoms with E-state index in [9.17, 15) is 14.4 Å². The smallest absolute Gasteiger partial charge is 0.419 e. The molecule has 0 spiro atoms. The average molecular weight is 403 g/mol. The van der Waals surface area contributed by atoms with E-state index in [1.54, 1.807) is 59.9 Å². The molecular formula is C21H29N3O5. The van der Waals surface area contributed by atoms with Crippen LogP contribution in [0.2, 0.25) is 0 Å². The number of carbonyl (C=O) groups excluding carboxylic acids is 3. The molecule has 0 aliphatic heterocycles. The van der Waals surface area contributed by atoms with Crippen molar-refractivity contribution in [3.8, 4) is 0 Å². The molecule has 0 fully saturated rings. The zero-order chi connectivity index (χ0) is 22.0. The number of fused-ring (bicyclic) bond motifs is 1. The molecule has 1 atom stereocenters. The van der Waals surface area contributed by atoms with Gasteiger partial charge < -0.3 is 20.5 Å². The van der Waals surface area contributed by atoms with Crippen molar-refractivity contribution in [2.45, 2.75) is 65.2 Å². The molecule has 2 rings (SSSR count). The van der Waals surface area contributed by atoms with Gasteiger partial charge in [-0.2, -0.15) is 0 Å². The number of rotatable bonds is 4. The molecule has 0 unspecified atom stereocenters. The molecule has 29 heavy (non-hydrogen) atoms. The largest absolute Gasteiger partial charge is 0.444 e. The molecule has 0 bridgehead atoms. The van der Waals surface area contributed by atoms with E-state index in [1.165, 1.54) is 4.57 Å². The van der Waals surface area contributed by atoms with Gasteiger partial charge in [-0.25, -0.2) is 9.59 Å². The van der Waals surface area contributed by atoms with Crippen LogP contribution >= 0.6 is 0 Å². The van der Waals surface area contributed by atoms with Crippen molar-refractivity contribution >= 4 is 29.0 Å². The van der Waals surface area contributed by atoms with E-state index in [-0.39, 0.29) is 6.42 Å². The van der Waals surface area contributed by atoms with Gasteiger partial charge in [0.2, 0.25) is 5.91 Å². The molecule has 0 saturated carbocycles. The summed E-state index contributed by atoms with van der Waals surface area (Å²) in [7, 11) is 0. The number of carbonyl (C=O) groups is 3. The van der Waals surface area contributed by atoms with Crippen molar-refractivity contribution in [3.05, 3.63) is 36.0 Å². The third-order valence-corrected chi connectivity index (χ3v) is 3.84. The lowest BCUT2D eigenvalue weighted by Gasteiger charge is -2.22. The van der Waals surface area contributed by atoms with Gasteiger partial charge in [0.15, 0.2) is 0 Å². The lowest BCUT2D eigenvalue weighted by atomic mass is 10.0. The van der Waals surface area contributed by atoms with Crippen LogP contribution in [0.25, 0.3) is 10.9 Å². The molecule has 0 radical (unpaired) electrons. The molecule has 0 aliphatic carbocycles. The number of nitrogens with zero attached hydrogens (tertiary/aromatic N) is 1. The van der Waals surface area contributed by atoms with E-state index in [4.69, 9.17) is 15.2 Å². The van der Waals surface area contributed by atoms with Crippen molar-refractivity contribution in [3.63, 3.8) is 0 Å². The highest BCUT2D eigenvalue weighted by Crippen LogP contribution is 2.24. The van der Waals surface area contributed by atoms with Gasteiger partial charge >= 0.3 is 12.2 Å². The number of ether oxygens (including phenoxy) is 2. The number of para-hydroxylation sites is 1. The fourth-order valence-electron chi connectivity index (χ4n) is 2.77. The molecule has 2 aromatic rings. The van der Waals surface area contributed by atoms with E-state index in [0.717, 1.165) is 5.39 Å². The van der Waals surface area contributed by atoms with E-state index < -0.39 is 35.3 Å². The van der Waals surface area contributed by atoms with E-state index >= 15 is 0 Å². The maximum atomic E-state index is 12.6. The Labute approximate surface area is 170 Å². The predicted octanol–water partition coefficient (Wildman–Crippen LogP) is 3.35. The third kappa shape index (κ3) is 6.23. The quantitative estimate of drug-likeness (QED) is 0.813. The number of nitrogens with one attached hydrogen (secondary N) is 1. The highest BCUT2D eigenvalue weighted by atomic mass is 16.6. The first-order chi connectivity index (χ1) is 13.3. The van der Waals surface area contributed by atoms with Crippen LogP contribution in [0.3, 0.4) is 0 Å². The molecule has 0 saturated heterocycles. The number of nitrogens with two attached hydrogens (primary N) is 1. The summed E-state index contributed by atoms with van der Waals surface area (Å²) < 4.78 is 12.1. The first kappa shape index (κ1) is 22.3. The summed E-state index contributed by atoms with van der Waals surface area (Å²) in [6, 6.07) is 6.24. The second-order valence-electron chi connectivity index (χ2n) is 8.83. The Morgan fingerprint density at radius 3 is 2.17 bits per heavy atom. The second kappa shape index (κ2) is 8.14. The summed E-state index contributed by atoms with van der Waals surface area (Å²) in [5.41, 5.74) is 5.43. The van der Waals surface area contributed by atoms with Crippen LogP contribution in [-0.4, -0.2) is 39.9 Å². The van der Waals surface area contributed by atoms with E-state index in [0.29, 0.717) is 11.1 Å². The molecule has 1 heterocycles. The summed E-state index contributed by atoms with van der Waals surface area (Å²) in [5.74, 6) is -0.704. The highest BCUT2D eigenvalue weighted by Gasteiger charge is 2.26. The summed E-state index contributed by atoms with van der Waals surface area (Å²) in [5, 5.41) is 3.26. The highest BCUT2D eigenvalue weighted by molar-refractivity contribution is 5.93. The van der Waals surface area contributed by atoms with Gasteiger partial charge in [-0.15, -0.1) is 0 Å². The summed E-state index contributed by atoms with van der Waals surface area (Å²) in [6.45, 7) is 10.5. The lowest BCUT2D eigenvalue weighted by molar-refractivity contribution is -0.120. The van der Waals surface area contributed by atoms with Crippen LogP contribution in [-0.2, 0) is 20.7 Å². The number of hydrogen-bond acceptors (Lipinski definition) is 5. The van der Waals surface area contributed by atoms with Crippen LogP contribution in [0, 0.1) is 0 Å². The molecular weight excluding hydrogens is 374 g/mol. The number of benzene rings is 1. The fraction of sp³-hybridized carbons (Fsp3) is 0.476. The molecule has 3 N–H and O–H groups in total. The molecule has 8 heteroatoms. The van der Waals surface area contributed by atoms with Crippen LogP contribution in [0.1, 0.15) is 47.1 Å². The minimum atomic E-state index is -0.997. The zero-order valence-electron chi connectivity index (χ0n) is 17.7. The number of alkyl carbamates (subject to hydrolysis) is 1. The zero-order valence-corrected chi connectivity index (χ0v) is 17.7. The number of primary amides is 1. The maximum absolute atomic E-state index is 12.6. The summed E-state index contributed by atoms with van der Waals surface area (Å²) in [6.07, 6.45) is 0.434. The van der Waals surface area contributed by atoms with Crippen molar-refractivity contribution in [2.75, 3.05) is 0 Å². The Balaban J connectivity index is 2.33. The van der Waals surface area contributed by atoms with E-state index in [1.807, 2.05) is 12.1 Å². The normalized spacial score (nSPS) is 13.0. The summed E-state index contributed by atoms with van der Waals surface area (Å²) >= 11 is 0. The molecule has 158 valence electrons. The van der Waals surface area contributed by atoms with Gasteiger partial charge in [0.25, 0.3) is 0 Å². The Bertz CT molecular complexity index is 919. The molecule has 1 aromatic heterocycles. The minimum Gasteiger partial charge on any atom is -0.444 e. The second-order valence-corrected chi connectivity index (χ2v) is 8.83. The Kier molecular flexibility index (Phi) is 6.25. The topological polar surface area (TPSA) is 113 Å². The molecule has 0 aliphatic rings. The standard InChI is InChI=1S/C21H29N3O5/c1-20(2,3)28-18(26)23-15(17(22)25)11-13-12-24(19(27)29-21(4,5)6)16-10-8-7-9-14(13)16/h7-10,12,15H,11H2,1-6H3,(H2,22,25)(H,23,26)/t15-/m0/s1. The maximum Gasteiger partial charge on any atom is 0.419 e. The van der Waals surface area contributed by atoms with Gasteiger partial charge in [0, 0.05) is 18.0 Å². The van der Waals surface area contributed by atoms with Crippen LogP contribution in [0.4, 0.5) is 9.59 Å². The first-order valence-corrected chi connectivity index (χ1v) is 9.38. The SMILES string of the molecule is CC(C)(C)OC(=O)N[C@@H](Cc1cn(C(=O)OC(C)(C)C)c2ccccc12)C(N)=O. The van der Waals surface area contributed by atoms with Crippen molar-refractivity contribution in [2.24, 2.45) is 5.73 Å². The monoisotopic (exact) mass is 403 g/mol. The van der Waals surface area contributed by atoms with Crippen LogP contribution in [0.5, 0.6) is 0 Å². The van der Waals surface area contributed by atoms with Crippen molar-refractivity contribution in [1.82, 2.24) is 9.88 Å². The van der Waals surface area contributed by atoms with Gasteiger partial charge in [-0.1, -0.05) is 18.2 Å². The number of hydrogen-bond donors (Lipinski definition) is 2. The average Bonchev–Trinajstić information content (AvgIpc) is 2.90. The molecule has 1 aromatic carbocycles. The third-order valence-electron chi connectivity index (χ3n) is 3.84. The first-order valence-electron chi connectivity index (χ1n) is 9.38. The van der Waals surface area contributed by atoms with Crippen LogP contribution < -0.4 is 11.1 Å². The Morgan fingerprint density at radius 1 is 1.03 bits per heavy atom. The van der Waals surface area contributed by atoms with Gasteiger partial charge in [-0.3, -0.25) is 9.36 Å². The fourth-order valence-corrected chi connectivity index (χ4v) is 2.77. The van der Waals surface area contributed by atoms with Gasteiger partial charge in [0.05, 0.1) is 5.52 Å². The predicted molar refractivity (Wildman–Crippen MR) is 110 cm³/mol. The van der Waals surface area contributed by atoms with E-state index in [2.05, 4.69) is 5.32 Å². The summed E-state index contributed by atoms with van der Waals surface area (Å²) in [4.78, 5) is 36.6. The molecule has 8 nitrogen and oxygen atoms in total. The van der Waals surface area contributed by atoms with Gasteiger partial charge in [-0.05, 0) is 53.2 Å². The number of amides is 2. The minimum absolute atomic E-state index is 0.102. The lowest BCUT2D eigenvalue weighted by Crippen LogP contribution is -2.47.